The van der Waals surface area contributed by atoms with Crippen molar-refractivity contribution in [3.05, 3.63) is 0 Å². The monoisotopic (exact) mass is 258 g/mol. The van der Waals surface area contributed by atoms with Crippen LogP contribution in [-0.2, 0) is 4.79 Å². The number of hydrogen-bond acceptors (Lipinski definition) is 2. The molecule has 1 amide bonds. The molecule has 5 atom stereocenters. The average Bonchev–Trinajstić information content (AvgIpc) is 2.92. The van der Waals surface area contributed by atoms with Crippen LogP contribution in [0.4, 0.5) is 0 Å². The maximum atomic E-state index is 12.1. The Balaban J connectivity index is 0.00000108. The van der Waals surface area contributed by atoms with Crippen molar-refractivity contribution in [3.63, 3.8) is 0 Å². The molecule has 3 aliphatic rings. The fraction of sp³-hybridized carbons (Fsp3) is 0.923. The summed E-state index contributed by atoms with van der Waals surface area (Å²) in [5, 5.41) is 3.26. The van der Waals surface area contributed by atoms with E-state index in [1.165, 1.54) is 25.7 Å². The van der Waals surface area contributed by atoms with E-state index in [1.807, 2.05) is 0 Å². The quantitative estimate of drug-likeness (QED) is 0.794. The van der Waals surface area contributed by atoms with Crippen LogP contribution in [0.25, 0.3) is 0 Å². The Hall–Kier alpha value is -0.280. The first-order chi connectivity index (χ1) is 7.74. The van der Waals surface area contributed by atoms with Gasteiger partial charge in [-0.2, -0.15) is 0 Å². The van der Waals surface area contributed by atoms with E-state index >= 15 is 0 Å². The summed E-state index contributed by atoms with van der Waals surface area (Å²) in [5.74, 6) is 2.00. The molecule has 2 bridgehead atoms. The lowest BCUT2D eigenvalue weighted by molar-refractivity contribution is -0.126. The minimum absolute atomic E-state index is 0. The Labute approximate surface area is 109 Å². The second-order valence-corrected chi connectivity index (χ2v) is 5.99. The molecular weight excluding hydrogens is 236 g/mol. The van der Waals surface area contributed by atoms with Gasteiger partial charge in [0.1, 0.15) is 0 Å². The number of amides is 1. The fourth-order valence-electron chi connectivity index (χ4n) is 4.03. The predicted octanol–water partition coefficient (Wildman–Crippen LogP) is 1.84. The molecule has 4 heteroatoms. The number of fused-ring (bicyclic) bond motifs is 2. The van der Waals surface area contributed by atoms with Crippen LogP contribution in [0.5, 0.6) is 0 Å². The lowest BCUT2D eigenvalue weighted by Gasteiger charge is -2.25. The Morgan fingerprint density at radius 2 is 1.94 bits per heavy atom. The van der Waals surface area contributed by atoms with Crippen LogP contribution in [0.1, 0.15) is 44.9 Å². The third-order valence-electron chi connectivity index (χ3n) is 4.97. The molecule has 0 spiro atoms. The van der Waals surface area contributed by atoms with Gasteiger partial charge in [-0.25, -0.2) is 0 Å². The van der Waals surface area contributed by atoms with Gasteiger partial charge >= 0.3 is 0 Å². The van der Waals surface area contributed by atoms with Crippen molar-refractivity contribution in [1.82, 2.24) is 5.32 Å². The maximum absolute atomic E-state index is 12.1. The van der Waals surface area contributed by atoms with Crippen molar-refractivity contribution < 1.29 is 4.79 Å². The number of rotatable bonds is 2. The van der Waals surface area contributed by atoms with E-state index in [-0.39, 0.29) is 30.3 Å². The van der Waals surface area contributed by atoms with Crippen molar-refractivity contribution in [1.29, 1.82) is 0 Å². The molecule has 0 radical (unpaired) electrons. The normalized spacial score (nSPS) is 43.5. The molecule has 3 N–H and O–H groups in total. The first-order valence-corrected chi connectivity index (χ1v) is 6.80. The molecule has 3 saturated carbocycles. The molecule has 3 fully saturated rings. The van der Waals surface area contributed by atoms with Crippen LogP contribution >= 0.6 is 12.4 Å². The minimum Gasteiger partial charge on any atom is -0.353 e. The number of nitrogens with two attached hydrogens (primary N) is 1. The molecule has 0 aromatic rings. The van der Waals surface area contributed by atoms with E-state index in [9.17, 15) is 4.79 Å². The summed E-state index contributed by atoms with van der Waals surface area (Å²) in [6.07, 6.45) is 8.42. The lowest BCUT2D eigenvalue weighted by Crippen LogP contribution is -2.45. The molecule has 0 aromatic carbocycles. The molecule has 5 unspecified atom stereocenters. The van der Waals surface area contributed by atoms with Crippen molar-refractivity contribution in [2.75, 3.05) is 0 Å². The van der Waals surface area contributed by atoms with Crippen LogP contribution in [0.3, 0.4) is 0 Å². The molecular formula is C13H23ClN2O. The zero-order valence-corrected chi connectivity index (χ0v) is 11.0. The van der Waals surface area contributed by atoms with Gasteiger partial charge < -0.3 is 11.1 Å². The van der Waals surface area contributed by atoms with Crippen LogP contribution < -0.4 is 11.1 Å². The first kappa shape index (κ1) is 13.2. The molecule has 0 aliphatic heterocycles. The molecule has 0 saturated heterocycles. The van der Waals surface area contributed by atoms with Gasteiger partial charge in [-0.3, -0.25) is 4.79 Å². The number of carbonyl (C=O) groups is 1. The highest BCUT2D eigenvalue weighted by Gasteiger charge is 2.41. The second kappa shape index (κ2) is 5.15. The summed E-state index contributed by atoms with van der Waals surface area (Å²) in [7, 11) is 0. The average molecular weight is 259 g/mol. The Morgan fingerprint density at radius 3 is 2.47 bits per heavy atom. The molecule has 0 aromatic heterocycles. The number of hydrogen-bond donors (Lipinski definition) is 2. The van der Waals surface area contributed by atoms with E-state index in [4.69, 9.17) is 5.73 Å². The summed E-state index contributed by atoms with van der Waals surface area (Å²) in [6, 6.07) is 0.581. The van der Waals surface area contributed by atoms with Gasteiger partial charge in [0.05, 0.1) is 5.92 Å². The van der Waals surface area contributed by atoms with Gasteiger partial charge in [0.2, 0.25) is 5.91 Å². The number of nitrogens with one attached hydrogen (secondary N) is 1. The third-order valence-corrected chi connectivity index (χ3v) is 4.97. The van der Waals surface area contributed by atoms with Crippen molar-refractivity contribution >= 4 is 18.3 Å². The second-order valence-electron chi connectivity index (χ2n) is 5.99. The topological polar surface area (TPSA) is 55.1 Å². The summed E-state index contributed by atoms with van der Waals surface area (Å²) in [4.78, 5) is 12.1. The van der Waals surface area contributed by atoms with Gasteiger partial charge in [0.25, 0.3) is 0 Å². The van der Waals surface area contributed by atoms with E-state index in [2.05, 4.69) is 5.32 Å². The van der Waals surface area contributed by atoms with Crippen molar-refractivity contribution in [3.8, 4) is 0 Å². The third kappa shape index (κ3) is 2.45. The standard InChI is InChI=1S/C13H22N2O.ClH/c14-11-3-1-2-10(11)13(16)15-12-7-8-4-5-9(12)6-8;/h8-12H,1-7,14H2,(H,15,16);1H. The highest BCUT2D eigenvalue weighted by molar-refractivity contribution is 5.85. The first-order valence-electron chi connectivity index (χ1n) is 6.80. The van der Waals surface area contributed by atoms with Gasteiger partial charge in [-0.1, -0.05) is 12.8 Å². The predicted molar refractivity (Wildman–Crippen MR) is 69.9 cm³/mol. The Morgan fingerprint density at radius 1 is 1.12 bits per heavy atom. The number of carbonyl (C=O) groups excluding carboxylic acids is 1. The highest BCUT2D eigenvalue weighted by Crippen LogP contribution is 2.44. The highest BCUT2D eigenvalue weighted by atomic mass is 35.5. The summed E-state index contributed by atoms with van der Waals surface area (Å²) >= 11 is 0. The molecule has 3 rings (SSSR count). The molecule has 3 nitrogen and oxygen atoms in total. The van der Waals surface area contributed by atoms with Crippen LogP contribution in [0.15, 0.2) is 0 Å². The van der Waals surface area contributed by atoms with Gasteiger partial charge in [-0.05, 0) is 43.9 Å². The zero-order valence-electron chi connectivity index (χ0n) is 10.2. The van der Waals surface area contributed by atoms with E-state index in [0.29, 0.717) is 6.04 Å². The van der Waals surface area contributed by atoms with Crippen molar-refractivity contribution in [2.24, 2.45) is 23.5 Å². The van der Waals surface area contributed by atoms with Gasteiger partial charge in [0, 0.05) is 12.1 Å². The van der Waals surface area contributed by atoms with Gasteiger partial charge in [0.15, 0.2) is 0 Å². The summed E-state index contributed by atoms with van der Waals surface area (Å²) in [5.41, 5.74) is 5.97. The van der Waals surface area contributed by atoms with E-state index in [0.717, 1.165) is 31.1 Å². The van der Waals surface area contributed by atoms with Crippen molar-refractivity contribution in [2.45, 2.75) is 57.0 Å². The Kier molecular flexibility index (Phi) is 3.99. The Bertz CT molecular complexity index is 297. The number of halogens is 1. The van der Waals surface area contributed by atoms with E-state index in [1.54, 1.807) is 0 Å². The molecule has 0 heterocycles. The minimum atomic E-state index is 0. The summed E-state index contributed by atoms with van der Waals surface area (Å²) < 4.78 is 0. The molecule has 3 aliphatic carbocycles. The fourth-order valence-corrected chi connectivity index (χ4v) is 4.03. The van der Waals surface area contributed by atoms with Crippen LogP contribution in [0, 0.1) is 17.8 Å². The smallest absolute Gasteiger partial charge is 0.224 e. The lowest BCUT2D eigenvalue weighted by atomic mass is 9.94. The summed E-state index contributed by atoms with van der Waals surface area (Å²) in [6.45, 7) is 0. The van der Waals surface area contributed by atoms with Crippen LogP contribution in [-0.4, -0.2) is 18.0 Å². The van der Waals surface area contributed by atoms with Gasteiger partial charge in [-0.15, -0.1) is 12.4 Å². The SMILES string of the molecule is Cl.NC1CCCC1C(=O)NC1CC2CCC1C2. The molecule has 98 valence electrons. The largest absolute Gasteiger partial charge is 0.353 e. The zero-order chi connectivity index (χ0) is 11.1. The maximum Gasteiger partial charge on any atom is 0.224 e. The van der Waals surface area contributed by atoms with Crippen LogP contribution in [0.2, 0.25) is 0 Å². The molecule has 17 heavy (non-hydrogen) atoms. The van der Waals surface area contributed by atoms with E-state index < -0.39 is 0 Å².